The first-order valence-corrected chi connectivity index (χ1v) is 18.6. The maximum Gasteiger partial charge on any atom is 0.411 e. The zero-order chi connectivity index (χ0) is 39.1. The minimum Gasteiger partial charge on any atom is -0.506 e. The molecule has 1 saturated heterocycles. The summed E-state index contributed by atoms with van der Waals surface area (Å²) in [6.45, 7) is 2.34. The summed E-state index contributed by atoms with van der Waals surface area (Å²) in [5.74, 6) is 0.157. The van der Waals surface area contributed by atoms with Crippen molar-refractivity contribution in [3.8, 4) is 22.6 Å². The number of carbonyl (C=O) groups excluding carboxylic acids is 2. The number of carbonyl (C=O) groups is 2. The Kier molecular flexibility index (Phi) is 12.4. The fourth-order valence-corrected chi connectivity index (χ4v) is 7.10. The number of aromatic amines is 1. The lowest BCUT2D eigenvalue weighted by molar-refractivity contribution is -0.896. The number of quaternary nitrogens is 1. The van der Waals surface area contributed by atoms with Crippen molar-refractivity contribution in [2.24, 2.45) is 0 Å². The number of ether oxygens (including phenoxy) is 2. The molecule has 55 heavy (non-hydrogen) atoms. The van der Waals surface area contributed by atoms with E-state index in [4.69, 9.17) is 21.1 Å². The zero-order valence-electron chi connectivity index (χ0n) is 31.2. The number of phenols is 1. The van der Waals surface area contributed by atoms with Gasteiger partial charge in [-0.3, -0.25) is 14.9 Å². The largest absolute Gasteiger partial charge is 0.506 e. The number of aromatic hydroxyl groups is 1. The molecule has 1 atom stereocenters. The van der Waals surface area contributed by atoms with Crippen molar-refractivity contribution < 1.29 is 33.8 Å². The highest BCUT2D eigenvalue weighted by Gasteiger charge is 2.28. The molecule has 13 heteroatoms. The third-order valence-corrected chi connectivity index (χ3v) is 10.3. The maximum absolute atomic E-state index is 13.2. The SMILES string of the molecule is COc1cc(NC(=O)CCc2ccc(-c3ccccc3)c(NC(=O)OC3CC[N+](C)(C)CC3)c2)c(Cl)cc1CNC[C@H](O)c1ccc(O)c2[nH]c(=O)ccc12. The minimum atomic E-state index is -0.946. The molecule has 5 aromatic rings. The zero-order valence-corrected chi connectivity index (χ0v) is 31.9. The summed E-state index contributed by atoms with van der Waals surface area (Å²) < 4.78 is 12.3. The number of likely N-dealkylation sites (tertiary alicyclic amines) is 1. The van der Waals surface area contributed by atoms with Gasteiger partial charge in [0, 0.05) is 61.0 Å². The van der Waals surface area contributed by atoms with E-state index in [2.05, 4.69) is 35.0 Å². The molecule has 0 unspecified atom stereocenters. The Balaban J connectivity index is 1.07. The first-order valence-electron chi connectivity index (χ1n) is 18.3. The molecule has 1 aliphatic rings. The Hall–Kier alpha value is -5.40. The van der Waals surface area contributed by atoms with E-state index in [1.807, 2.05) is 48.5 Å². The number of aryl methyl sites for hydroxylation is 1. The number of phenolic OH excluding ortho intramolecular Hbond substituents is 1. The maximum atomic E-state index is 13.2. The molecule has 4 aromatic carbocycles. The Morgan fingerprint density at radius 3 is 2.47 bits per heavy atom. The van der Waals surface area contributed by atoms with Gasteiger partial charge in [0.15, 0.2) is 0 Å². The van der Waals surface area contributed by atoms with Gasteiger partial charge >= 0.3 is 6.09 Å². The highest BCUT2D eigenvalue weighted by Crippen LogP contribution is 2.33. The van der Waals surface area contributed by atoms with Crippen molar-refractivity contribution >= 4 is 45.9 Å². The summed E-state index contributed by atoms with van der Waals surface area (Å²) in [6.07, 6.45) is 0.619. The van der Waals surface area contributed by atoms with E-state index in [-0.39, 0.29) is 41.8 Å². The van der Waals surface area contributed by atoms with Crippen LogP contribution in [0, 0.1) is 0 Å². The minimum absolute atomic E-state index is 0.0837. The number of anilines is 2. The van der Waals surface area contributed by atoms with Crippen LogP contribution >= 0.6 is 11.6 Å². The summed E-state index contributed by atoms with van der Waals surface area (Å²) in [7, 11) is 5.88. The second kappa shape index (κ2) is 17.4. The number of amides is 2. The molecule has 0 aliphatic carbocycles. The van der Waals surface area contributed by atoms with Crippen LogP contribution in [0.15, 0.2) is 89.7 Å². The number of aliphatic hydroxyl groups excluding tert-OH is 1. The second-order valence-electron chi connectivity index (χ2n) is 14.5. The van der Waals surface area contributed by atoms with Crippen molar-refractivity contribution in [2.45, 2.75) is 44.4 Å². The summed E-state index contributed by atoms with van der Waals surface area (Å²) in [6, 6.07) is 24.9. The van der Waals surface area contributed by atoms with Crippen molar-refractivity contribution in [1.82, 2.24) is 10.3 Å². The van der Waals surface area contributed by atoms with E-state index in [9.17, 15) is 24.6 Å². The topological polar surface area (TPSA) is 162 Å². The lowest BCUT2D eigenvalue weighted by Crippen LogP contribution is -2.48. The van der Waals surface area contributed by atoms with Crippen LogP contribution in [0.1, 0.15) is 42.1 Å². The van der Waals surface area contributed by atoms with Crippen LogP contribution in [-0.4, -0.2) is 78.6 Å². The number of nitrogens with zero attached hydrogens (tertiary/aromatic N) is 1. The van der Waals surface area contributed by atoms with Crippen molar-refractivity contribution in [1.29, 1.82) is 0 Å². The lowest BCUT2D eigenvalue weighted by Gasteiger charge is -2.36. The second-order valence-corrected chi connectivity index (χ2v) is 14.9. The smallest absolute Gasteiger partial charge is 0.411 e. The first kappa shape index (κ1) is 39.3. The van der Waals surface area contributed by atoms with E-state index in [0.717, 1.165) is 47.1 Å². The van der Waals surface area contributed by atoms with Gasteiger partial charge in [-0.25, -0.2) is 4.79 Å². The molecule has 6 rings (SSSR count). The quantitative estimate of drug-likeness (QED) is 0.0718. The molecular formula is C42H47ClN5O7+. The summed E-state index contributed by atoms with van der Waals surface area (Å²) >= 11 is 6.63. The Bertz CT molecular complexity index is 2220. The molecule has 1 aliphatic heterocycles. The third-order valence-electron chi connectivity index (χ3n) is 10.00. The van der Waals surface area contributed by atoms with E-state index >= 15 is 0 Å². The lowest BCUT2D eigenvalue weighted by atomic mass is 9.99. The van der Waals surface area contributed by atoms with Gasteiger partial charge in [0.05, 0.1) is 62.3 Å². The molecule has 1 fully saturated rings. The number of rotatable bonds is 13. The van der Waals surface area contributed by atoms with Crippen LogP contribution in [0.2, 0.25) is 5.02 Å². The molecular weight excluding hydrogens is 722 g/mol. The number of nitrogens with one attached hydrogen (secondary N) is 4. The van der Waals surface area contributed by atoms with Crippen LogP contribution in [0.25, 0.3) is 22.0 Å². The average Bonchev–Trinajstić information content (AvgIpc) is 3.16. The molecule has 0 bridgehead atoms. The molecule has 6 N–H and O–H groups in total. The van der Waals surface area contributed by atoms with E-state index in [0.29, 0.717) is 51.6 Å². The standard InChI is InChI=1S/C42H46ClN5O7/c1-48(2)19-17-29(18-20-48)55-42(53)46-34-21-26(9-11-30(34)27-7-5-4-6-8-27)10-15-39(51)45-35-23-38(54-3)28(22-33(35)43)24-44-25-37(50)31-12-14-36(49)41-32(31)13-16-40(52)47-41/h4-9,11-14,16,21-23,29,37,44,50H,10,15,17-20,24-25H2,1-3H3,(H3-,45,46,47,49,51,52,53)/p+1/t37-/m0/s1. The van der Waals surface area contributed by atoms with Crippen LogP contribution in [0.3, 0.4) is 0 Å². The monoisotopic (exact) mass is 768 g/mol. The number of hydrogen-bond acceptors (Lipinski definition) is 8. The molecule has 0 radical (unpaired) electrons. The van der Waals surface area contributed by atoms with Gasteiger partial charge in [0.25, 0.3) is 0 Å². The number of halogens is 1. The normalized spacial score (nSPS) is 14.6. The van der Waals surface area contributed by atoms with Crippen LogP contribution in [0.5, 0.6) is 11.5 Å². The fourth-order valence-electron chi connectivity index (χ4n) is 6.86. The molecule has 2 amide bonds. The molecule has 288 valence electrons. The molecule has 2 heterocycles. The van der Waals surface area contributed by atoms with Crippen LogP contribution in [-0.2, 0) is 22.5 Å². The number of piperidine rings is 1. The molecule has 0 saturated carbocycles. The van der Waals surface area contributed by atoms with E-state index in [1.165, 1.54) is 19.2 Å². The van der Waals surface area contributed by atoms with Crippen LogP contribution < -0.4 is 26.2 Å². The number of fused-ring (bicyclic) bond motifs is 1. The number of methoxy groups -OCH3 is 1. The predicted molar refractivity (Wildman–Crippen MR) is 215 cm³/mol. The predicted octanol–water partition coefficient (Wildman–Crippen LogP) is 6.74. The van der Waals surface area contributed by atoms with Crippen molar-refractivity contribution in [3.05, 3.63) is 117 Å². The highest BCUT2D eigenvalue weighted by molar-refractivity contribution is 6.33. The number of aliphatic hydroxyl groups is 1. The van der Waals surface area contributed by atoms with Gasteiger partial charge in [-0.2, -0.15) is 0 Å². The van der Waals surface area contributed by atoms with Gasteiger partial charge in [-0.15, -0.1) is 0 Å². The number of aromatic nitrogens is 1. The van der Waals surface area contributed by atoms with Gasteiger partial charge in [0.1, 0.15) is 17.6 Å². The Morgan fingerprint density at radius 2 is 1.73 bits per heavy atom. The van der Waals surface area contributed by atoms with Crippen molar-refractivity contribution in [2.75, 3.05) is 51.5 Å². The summed E-state index contributed by atoms with van der Waals surface area (Å²) in [5, 5.41) is 31.0. The van der Waals surface area contributed by atoms with Gasteiger partial charge in [0.2, 0.25) is 11.5 Å². The van der Waals surface area contributed by atoms with Crippen LogP contribution in [0.4, 0.5) is 16.2 Å². The van der Waals surface area contributed by atoms with Gasteiger partial charge in [-0.1, -0.05) is 60.1 Å². The van der Waals surface area contributed by atoms with Gasteiger partial charge in [-0.05, 0) is 47.4 Å². The first-order chi connectivity index (χ1) is 26.4. The van der Waals surface area contributed by atoms with E-state index < -0.39 is 12.2 Å². The van der Waals surface area contributed by atoms with E-state index in [1.54, 1.807) is 24.3 Å². The number of pyridine rings is 1. The number of hydrogen-bond donors (Lipinski definition) is 6. The summed E-state index contributed by atoms with van der Waals surface area (Å²) in [5.41, 5.74) is 4.82. The summed E-state index contributed by atoms with van der Waals surface area (Å²) in [4.78, 5) is 40.6. The average molecular weight is 769 g/mol. The number of benzene rings is 4. The third kappa shape index (κ3) is 10.0. The highest BCUT2D eigenvalue weighted by atomic mass is 35.5. The molecule has 0 spiro atoms. The Labute approximate surface area is 324 Å². The molecule has 12 nitrogen and oxygen atoms in total. The fraction of sp³-hybridized carbons (Fsp3) is 0.310. The number of H-pyrrole nitrogens is 1. The molecule has 1 aromatic heterocycles. The van der Waals surface area contributed by atoms with Crippen molar-refractivity contribution in [3.63, 3.8) is 0 Å². The Morgan fingerprint density at radius 1 is 0.964 bits per heavy atom. The van der Waals surface area contributed by atoms with Gasteiger partial charge < -0.3 is 39.8 Å².